The third-order valence-corrected chi connectivity index (χ3v) is 4.08. The van der Waals surface area contributed by atoms with Gasteiger partial charge in [0.2, 0.25) is 0 Å². The van der Waals surface area contributed by atoms with E-state index in [1.165, 1.54) is 0 Å². The quantitative estimate of drug-likeness (QED) is 0.941. The lowest BCUT2D eigenvalue weighted by Crippen LogP contribution is -2.49. The van der Waals surface area contributed by atoms with Crippen LogP contribution in [0, 0.1) is 5.92 Å². The van der Waals surface area contributed by atoms with Crippen molar-refractivity contribution in [2.75, 3.05) is 32.7 Å². The smallest absolute Gasteiger partial charge is 0.253 e. The van der Waals surface area contributed by atoms with Crippen LogP contribution in [0.4, 0.5) is 0 Å². The number of nitrogens with one attached hydrogen (secondary N) is 1. The van der Waals surface area contributed by atoms with Crippen LogP contribution in [0.1, 0.15) is 24.2 Å². The number of hydrogen-bond acceptors (Lipinski definition) is 2. The number of benzene rings is 1. The Morgan fingerprint density at radius 1 is 1.19 bits per heavy atom. The molecule has 0 bridgehead atoms. The predicted octanol–water partition coefficient (Wildman–Crippen LogP) is 2.58. The van der Waals surface area contributed by atoms with E-state index in [9.17, 15) is 4.79 Å². The Kier molecular flexibility index (Phi) is 3.97. The summed E-state index contributed by atoms with van der Waals surface area (Å²) in [5.41, 5.74) is 1.87. The molecule has 1 amide bonds. The number of carbonyl (C=O) groups excluding carboxylic acids is 1. The molecule has 1 N–H and O–H groups in total. The van der Waals surface area contributed by atoms with Crippen LogP contribution in [0.3, 0.4) is 0 Å². The van der Waals surface area contributed by atoms with E-state index in [4.69, 9.17) is 0 Å². The van der Waals surface area contributed by atoms with E-state index < -0.39 is 0 Å². The lowest BCUT2D eigenvalue weighted by Gasteiger charge is -2.35. The summed E-state index contributed by atoms with van der Waals surface area (Å²) in [7, 11) is 0. The zero-order chi connectivity index (χ0) is 14.8. The van der Waals surface area contributed by atoms with Crippen molar-refractivity contribution >= 4 is 16.8 Å². The van der Waals surface area contributed by atoms with E-state index in [-0.39, 0.29) is 5.91 Å². The molecule has 0 unspecified atom stereocenters. The molecule has 0 saturated carbocycles. The minimum atomic E-state index is 0.155. The summed E-state index contributed by atoms with van der Waals surface area (Å²) in [6, 6.07) is 7.89. The highest BCUT2D eigenvalue weighted by Gasteiger charge is 2.22. The maximum Gasteiger partial charge on any atom is 0.253 e. The van der Waals surface area contributed by atoms with Crippen molar-refractivity contribution in [2.45, 2.75) is 13.8 Å². The molecule has 0 spiro atoms. The van der Waals surface area contributed by atoms with Crippen LogP contribution in [0.15, 0.2) is 30.5 Å². The first kappa shape index (κ1) is 14.1. The van der Waals surface area contributed by atoms with Gasteiger partial charge in [0, 0.05) is 55.4 Å². The third kappa shape index (κ3) is 3.10. The van der Waals surface area contributed by atoms with Gasteiger partial charge in [-0.25, -0.2) is 0 Å². The zero-order valence-corrected chi connectivity index (χ0v) is 12.8. The van der Waals surface area contributed by atoms with Crippen LogP contribution in [0.25, 0.3) is 10.9 Å². The molecule has 1 aliphatic rings. The molecule has 0 aliphatic carbocycles. The Morgan fingerprint density at radius 3 is 2.67 bits per heavy atom. The fourth-order valence-corrected chi connectivity index (χ4v) is 3.02. The van der Waals surface area contributed by atoms with Crippen LogP contribution in [0.2, 0.25) is 0 Å². The monoisotopic (exact) mass is 285 g/mol. The van der Waals surface area contributed by atoms with Crippen molar-refractivity contribution in [1.82, 2.24) is 14.8 Å². The Hall–Kier alpha value is -1.81. The largest absolute Gasteiger partial charge is 0.361 e. The molecule has 1 fully saturated rings. The highest BCUT2D eigenvalue weighted by molar-refractivity contribution is 5.98. The molecule has 112 valence electrons. The van der Waals surface area contributed by atoms with Crippen LogP contribution >= 0.6 is 0 Å². The van der Waals surface area contributed by atoms with E-state index in [0.717, 1.165) is 49.2 Å². The molecule has 3 rings (SSSR count). The molecule has 1 aromatic carbocycles. The molecular formula is C17H23N3O. The van der Waals surface area contributed by atoms with Gasteiger partial charge in [-0.15, -0.1) is 0 Å². The van der Waals surface area contributed by atoms with Gasteiger partial charge in [0.15, 0.2) is 0 Å². The summed E-state index contributed by atoms with van der Waals surface area (Å²) in [4.78, 5) is 20.2. The van der Waals surface area contributed by atoms with Crippen molar-refractivity contribution in [2.24, 2.45) is 5.92 Å². The van der Waals surface area contributed by atoms with Gasteiger partial charge in [0.1, 0.15) is 0 Å². The van der Waals surface area contributed by atoms with Crippen LogP contribution in [0.5, 0.6) is 0 Å². The second-order valence-electron chi connectivity index (χ2n) is 6.27. The summed E-state index contributed by atoms with van der Waals surface area (Å²) < 4.78 is 0. The molecule has 1 aromatic heterocycles. The first-order valence-corrected chi connectivity index (χ1v) is 7.72. The number of piperazine rings is 1. The van der Waals surface area contributed by atoms with Gasteiger partial charge in [-0.1, -0.05) is 13.8 Å². The molecular weight excluding hydrogens is 262 g/mol. The van der Waals surface area contributed by atoms with Crippen molar-refractivity contribution in [3.63, 3.8) is 0 Å². The number of carbonyl (C=O) groups is 1. The Morgan fingerprint density at radius 2 is 1.95 bits per heavy atom. The third-order valence-electron chi connectivity index (χ3n) is 4.08. The fourth-order valence-electron chi connectivity index (χ4n) is 3.02. The molecule has 1 saturated heterocycles. The Bertz CT molecular complexity index is 624. The van der Waals surface area contributed by atoms with E-state index in [1.807, 2.05) is 35.4 Å². The van der Waals surface area contributed by atoms with Gasteiger partial charge in [-0.3, -0.25) is 9.69 Å². The average Bonchev–Trinajstić information content (AvgIpc) is 2.94. The van der Waals surface area contributed by atoms with E-state index in [0.29, 0.717) is 5.92 Å². The Balaban J connectivity index is 1.66. The van der Waals surface area contributed by atoms with Gasteiger partial charge in [0.05, 0.1) is 0 Å². The van der Waals surface area contributed by atoms with Crippen LogP contribution < -0.4 is 0 Å². The molecule has 0 atom stereocenters. The van der Waals surface area contributed by atoms with Gasteiger partial charge >= 0.3 is 0 Å². The first-order chi connectivity index (χ1) is 10.1. The molecule has 2 heterocycles. The minimum Gasteiger partial charge on any atom is -0.361 e. The predicted molar refractivity (Wildman–Crippen MR) is 85.5 cm³/mol. The minimum absolute atomic E-state index is 0.155. The van der Waals surface area contributed by atoms with Crippen molar-refractivity contribution in [1.29, 1.82) is 0 Å². The first-order valence-electron chi connectivity index (χ1n) is 7.72. The lowest BCUT2D eigenvalue weighted by atomic mass is 10.1. The normalized spacial score (nSPS) is 16.8. The fraction of sp³-hybridized carbons (Fsp3) is 0.471. The van der Waals surface area contributed by atoms with E-state index in [2.05, 4.69) is 23.7 Å². The molecule has 4 nitrogen and oxygen atoms in total. The number of H-pyrrole nitrogens is 1. The SMILES string of the molecule is CC(C)CN1CCN(C(=O)c2ccc3[nH]ccc3c2)CC1. The summed E-state index contributed by atoms with van der Waals surface area (Å²) in [5, 5.41) is 1.10. The average molecular weight is 285 g/mol. The standard InChI is InChI=1S/C17H23N3O/c1-13(2)12-19-7-9-20(10-8-19)17(21)15-3-4-16-14(11-15)5-6-18-16/h3-6,11,13,18H,7-10,12H2,1-2H3. The van der Waals surface area contributed by atoms with Crippen molar-refractivity contribution in [3.8, 4) is 0 Å². The summed E-state index contributed by atoms with van der Waals surface area (Å²) in [6.45, 7) is 9.23. The molecule has 4 heteroatoms. The molecule has 1 aliphatic heterocycles. The highest BCUT2D eigenvalue weighted by atomic mass is 16.2. The number of rotatable bonds is 3. The summed E-state index contributed by atoms with van der Waals surface area (Å²) in [5.74, 6) is 0.838. The van der Waals surface area contributed by atoms with Gasteiger partial charge in [-0.05, 0) is 30.2 Å². The van der Waals surface area contributed by atoms with Crippen molar-refractivity contribution < 1.29 is 4.79 Å². The summed E-state index contributed by atoms with van der Waals surface area (Å²) >= 11 is 0. The molecule has 2 aromatic rings. The van der Waals surface area contributed by atoms with Gasteiger partial charge in [-0.2, -0.15) is 0 Å². The second kappa shape index (κ2) is 5.90. The Labute approximate surface area is 125 Å². The maximum atomic E-state index is 12.6. The number of aromatic nitrogens is 1. The topological polar surface area (TPSA) is 39.3 Å². The maximum absolute atomic E-state index is 12.6. The van der Waals surface area contributed by atoms with Crippen LogP contribution in [-0.4, -0.2) is 53.4 Å². The number of nitrogens with zero attached hydrogens (tertiary/aromatic N) is 2. The van der Waals surface area contributed by atoms with E-state index >= 15 is 0 Å². The van der Waals surface area contributed by atoms with Crippen LogP contribution in [-0.2, 0) is 0 Å². The van der Waals surface area contributed by atoms with E-state index in [1.54, 1.807) is 0 Å². The number of hydrogen-bond donors (Lipinski definition) is 1. The molecule has 21 heavy (non-hydrogen) atoms. The second-order valence-corrected chi connectivity index (χ2v) is 6.27. The number of fused-ring (bicyclic) bond motifs is 1. The number of amides is 1. The van der Waals surface area contributed by atoms with Gasteiger partial charge < -0.3 is 9.88 Å². The van der Waals surface area contributed by atoms with Gasteiger partial charge in [0.25, 0.3) is 5.91 Å². The van der Waals surface area contributed by atoms with Crippen molar-refractivity contribution in [3.05, 3.63) is 36.0 Å². The molecule has 0 radical (unpaired) electrons. The summed E-state index contributed by atoms with van der Waals surface area (Å²) in [6.07, 6.45) is 1.91. The number of aromatic amines is 1. The lowest BCUT2D eigenvalue weighted by molar-refractivity contribution is 0.0624. The zero-order valence-electron chi connectivity index (χ0n) is 12.8. The highest BCUT2D eigenvalue weighted by Crippen LogP contribution is 2.16.